The van der Waals surface area contributed by atoms with E-state index < -0.39 is 6.29 Å². The Morgan fingerprint density at radius 1 is 1.12 bits per heavy atom. The predicted octanol–water partition coefficient (Wildman–Crippen LogP) is -0.941. The van der Waals surface area contributed by atoms with Crippen LogP contribution >= 0.6 is 0 Å². The molecule has 7 heteroatoms. The van der Waals surface area contributed by atoms with E-state index in [0.717, 1.165) is 0 Å². The van der Waals surface area contributed by atoms with Crippen LogP contribution in [0.5, 0.6) is 0 Å². The number of hydrogen-bond acceptors (Lipinski definition) is 6. The average molecular weight is 311 g/mol. The Bertz CT molecular complexity index is 286. The summed E-state index contributed by atoms with van der Waals surface area (Å²) in [4.78, 5) is 0.406. The minimum atomic E-state index is -0.490. The summed E-state index contributed by atoms with van der Waals surface area (Å²) < 4.78 is 32.6. The molecule has 2 saturated heterocycles. The van der Waals surface area contributed by atoms with Gasteiger partial charge in [0, 0.05) is 0 Å². The SMILES string of the molecule is COC[C@H]1O[C@@H](OC)[C@H](OC)[C@H]2OC(=[Se])O[C@H]21. The van der Waals surface area contributed by atoms with Gasteiger partial charge in [-0.05, 0) is 0 Å². The van der Waals surface area contributed by atoms with Gasteiger partial charge < -0.3 is 0 Å². The maximum atomic E-state index is 5.74. The van der Waals surface area contributed by atoms with E-state index in [4.69, 9.17) is 28.4 Å². The van der Waals surface area contributed by atoms with Crippen LogP contribution in [0.4, 0.5) is 0 Å². The first-order chi connectivity index (χ1) is 8.21. The Labute approximate surface area is 108 Å². The summed E-state index contributed by atoms with van der Waals surface area (Å²) in [6.45, 7) is 0.411. The van der Waals surface area contributed by atoms with Crippen molar-refractivity contribution < 1.29 is 28.4 Å². The van der Waals surface area contributed by atoms with E-state index in [0.29, 0.717) is 11.4 Å². The van der Waals surface area contributed by atoms with Gasteiger partial charge in [0.05, 0.1) is 0 Å². The molecule has 0 saturated carbocycles. The molecule has 0 N–H and O–H groups in total. The molecular weight excluding hydrogens is 295 g/mol. The average Bonchev–Trinajstić information content (AvgIpc) is 2.70. The van der Waals surface area contributed by atoms with E-state index >= 15 is 0 Å². The van der Waals surface area contributed by atoms with E-state index in [1.165, 1.54) is 0 Å². The summed E-state index contributed by atoms with van der Waals surface area (Å²) in [7, 11) is 4.77. The molecule has 2 aliphatic heterocycles. The Hall–Kier alpha value is -0.171. The van der Waals surface area contributed by atoms with Gasteiger partial charge in [-0.25, -0.2) is 0 Å². The van der Waals surface area contributed by atoms with Gasteiger partial charge in [0.1, 0.15) is 0 Å². The van der Waals surface area contributed by atoms with Gasteiger partial charge in [-0.1, -0.05) is 0 Å². The third-order valence-electron chi connectivity index (χ3n) is 2.89. The quantitative estimate of drug-likeness (QED) is 0.625. The molecule has 0 spiro atoms. The van der Waals surface area contributed by atoms with Gasteiger partial charge in [0.15, 0.2) is 0 Å². The topological polar surface area (TPSA) is 55.4 Å². The van der Waals surface area contributed by atoms with E-state index in [9.17, 15) is 0 Å². The molecule has 0 aromatic carbocycles. The fourth-order valence-corrected chi connectivity index (χ4v) is 2.61. The number of hydrogen-bond donors (Lipinski definition) is 0. The zero-order valence-corrected chi connectivity index (χ0v) is 11.7. The van der Waals surface area contributed by atoms with Crippen molar-refractivity contribution >= 4 is 20.4 Å². The van der Waals surface area contributed by atoms with Crippen LogP contribution in [0.2, 0.25) is 0 Å². The molecule has 2 rings (SSSR count). The Balaban J connectivity index is 2.16. The van der Waals surface area contributed by atoms with Crippen molar-refractivity contribution in [2.24, 2.45) is 0 Å². The molecule has 2 fully saturated rings. The van der Waals surface area contributed by atoms with Crippen LogP contribution in [-0.4, -0.2) is 79.0 Å². The number of methoxy groups -OCH3 is 3. The molecule has 6 nitrogen and oxygen atoms in total. The summed E-state index contributed by atoms with van der Waals surface area (Å²) in [5.74, 6) is 0. The van der Waals surface area contributed by atoms with Gasteiger partial charge in [-0.15, -0.1) is 0 Å². The van der Waals surface area contributed by atoms with Crippen LogP contribution in [0.3, 0.4) is 0 Å². The zero-order chi connectivity index (χ0) is 12.4. The molecule has 0 unspecified atom stereocenters. The van der Waals surface area contributed by atoms with Crippen molar-refractivity contribution in [3.63, 3.8) is 0 Å². The first-order valence-electron chi connectivity index (χ1n) is 5.28. The summed E-state index contributed by atoms with van der Waals surface area (Å²) in [5.41, 5.74) is 0. The first-order valence-corrected chi connectivity index (χ1v) is 6.14. The fraction of sp³-hybridized carbons (Fsp3) is 0.900. The molecule has 17 heavy (non-hydrogen) atoms. The van der Waals surface area contributed by atoms with Gasteiger partial charge in [-0.3, -0.25) is 0 Å². The van der Waals surface area contributed by atoms with Crippen LogP contribution in [-0.2, 0) is 28.4 Å². The molecule has 0 amide bonds. The van der Waals surface area contributed by atoms with Gasteiger partial charge >= 0.3 is 107 Å². The van der Waals surface area contributed by atoms with Crippen molar-refractivity contribution in [2.75, 3.05) is 27.9 Å². The first kappa shape index (κ1) is 13.3. The number of fused-ring (bicyclic) bond motifs is 1. The van der Waals surface area contributed by atoms with Crippen molar-refractivity contribution in [1.82, 2.24) is 0 Å². The van der Waals surface area contributed by atoms with Gasteiger partial charge in [-0.2, -0.15) is 0 Å². The minimum absolute atomic E-state index is 0.243. The third kappa shape index (κ3) is 2.50. The Kier molecular flexibility index (Phi) is 4.41. The van der Waals surface area contributed by atoms with Crippen LogP contribution in [0.25, 0.3) is 0 Å². The van der Waals surface area contributed by atoms with Crippen molar-refractivity contribution in [1.29, 1.82) is 0 Å². The third-order valence-corrected chi connectivity index (χ3v) is 3.29. The number of ether oxygens (including phenoxy) is 6. The van der Waals surface area contributed by atoms with Gasteiger partial charge in [0.2, 0.25) is 0 Å². The molecule has 5 atom stereocenters. The molecule has 0 aromatic rings. The molecule has 98 valence electrons. The van der Waals surface area contributed by atoms with E-state index in [1.807, 2.05) is 0 Å². The standard InChI is InChI=1S/C10H16O6Se/c1-11-4-5-6-7(16-10(17)15-6)8(12-2)9(13-3)14-5/h5-9H,4H2,1-3H3/t5-,6+,7+,8-,9-/m1/s1. The fourth-order valence-electron chi connectivity index (χ4n) is 2.14. The summed E-state index contributed by atoms with van der Waals surface area (Å²) in [6.07, 6.45) is -1.57. The van der Waals surface area contributed by atoms with Crippen LogP contribution in [0, 0.1) is 0 Å². The van der Waals surface area contributed by atoms with Crippen molar-refractivity contribution in [3.8, 4) is 0 Å². The number of rotatable bonds is 4. The normalized spacial score (nSPS) is 40.6. The second-order valence-corrected chi connectivity index (χ2v) is 4.55. The Morgan fingerprint density at radius 3 is 2.41 bits per heavy atom. The van der Waals surface area contributed by atoms with Crippen molar-refractivity contribution in [2.45, 2.75) is 30.7 Å². The van der Waals surface area contributed by atoms with E-state index in [1.54, 1.807) is 21.3 Å². The summed E-state index contributed by atoms with van der Waals surface area (Å²) in [5, 5.41) is 0. The maximum absolute atomic E-state index is 5.74. The van der Waals surface area contributed by atoms with E-state index in [2.05, 4.69) is 15.6 Å². The van der Waals surface area contributed by atoms with Gasteiger partial charge in [0.25, 0.3) is 0 Å². The molecule has 2 heterocycles. The second-order valence-electron chi connectivity index (χ2n) is 3.85. The summed E-state index contributed by atoms with van der Waals surface area (Å²) in [6, 6.07) is 0. The van der Waals surface area contributed by atoms with Crippen molar-refractivity contribution in [3.05, 3.63) is 0 Å². The predicted molar refractivity (Wildman–Crippen MR) is 58.9 cm³/mol. The molecule has 0 bridgehead atoms. The monoisotopic (exact) mass is 312 g/mol. The molecule has 2 aliphatic rings. The summed E-state index contributed by atoms with van der Waals surface area (Å²) >= 11 is 2.71. The molecule has 0 aromatic heterocycles. The Morgan fingerprint density at radius 2 is 1.82 bits per heavy atom. The van der Waals surface area contributed by atoms with Crippen LogP contribution in [0.15, 0.2) is 0 Å². The van der Waals surface area contributed by atoms with Crippen LogP contribution < -0.4 is 0 Å². The van der Waals surface area contributed by atoms with E-state index in [-0.39, 0.29) is 24.4 Å². The second kappa shape index (κ2) is 5.65. The zero-order valence-electron chi connectivity index (χ0n) is 9.95. The molecule has 0 aliphatic carbocycles. The molecule has 0 radical (unpaired) electrons. The van der Waals surface area contributed by atoms with Crippen LogP contribution in [0.1, 0.15) is 0 Å². The molecular formula is C10H16O6Se.